The highest BCUT2D eigenvalue weighted by Gasteiger charge is 2.26. The van der Waals surface area contributed by atoms with Gasteiger partial charge in [0.05, 0.1) is 11.0 Å². The third kappa shape index (κ3) is 6.26. The number of hydrogen-bond acceptors (Lipinski definition) is 3. The zero-order chi connectivity index (χ0) is 14.1. The number of nitrogens with one attached hydrogen (secondary N) is 1. The molecule has 0 saturated heterocycles. The van der Waals surface area contributed by atoms with Crippen molar-refractivity contribution in [2.24, 2.45) is 0 Å². The van der Waals surface area contributed by atoms with Crippen LogP contribution in [0.25, 0.3) is 0 Å². The maximum absolute atomic E-state index is 12.2. The van der Waals surface area contributed by atoms with Gasteiger partial charge in [-0.25, -0.2) is 8.42 Å². The topological polar surface area (TPSA) is 46.2 Å². The van der Waals surface area contributed by atoms with Crippen molar-refractivity contribution in [1.82, 2.24) is 5.32 Å². The molecule has 0 heterocycles. The summed E-state index contributed by atoms with van der Waals surface area (Å²) < 4.78 is 24.5. The minimum absolute atomic E-state index is 0.0371. The standard InChI is InChI=1S/C15H31NO2S/c1-3-12-16-14(4-2)9-8-13-19(17,18)15-10-6-5-7-11-15/h14-16H,3-13H2,1-2H3. The minimum Gasteiger partial charge on any atom is -0.314 e. The SMILES string of the molecule is CCCNC(CC)CCCS(=O)(=O)C1CCCCC1. The molecule has 1 fully saturated rings. The molecule has 0 aromatic heterocycles. The molecular formula is C15H31NO2S. The van der Waals surface area contributed by atoms with Gasteiger partial charge in [0.2, 0.25) is 0 Å². The van der Waals surface area contributed by atoms with E-state index in [9.17, 15) is 8.42 Å². The van der Waals surface area contributed by atoms with Gasteiger partial charge in [0.25, 0.3) is 0 Å². The quantitative estimate of drug-likeness (QED) is 0.708. The fourth-order valence-corrected chi connectivity index (χ4v) is 4.87. The summed E-state index contributed by atoms with van der Waals surface area (Å²) >= 11 is 0. The second kappa shape index (κ2) is 8.96. The number of hydrogen-bond donors (Lipinski definition) is 1. The van der Waals surface area contributed by atoms with Gasteiger partial charge in [0, 0.05) is 6.04 Å². The molecule has 1 rings (SSSR count). The van der Waals surface area contributed by atoms with Crippen molar-refractivity contribution >= 4 is 9.84 Å². The zero-order valence-electron chi connectivity index (χ0n) is 12.7. The molecule has 0 radical (unpaired) electrons. The lowest BCUT2D eigenvalue weighted by Crippen LogP contribution is -2.31. The molecule has 0 aromatic carbocycles. The van der Waals surface area contributed by atoms with Gasteiger partial charge >= 0.3 is 0 Å². The van der Waals surface area contributed by atoms with Gasteiger partial charge in [-0.1, -0.05) is 33.1 Å². The zero-order valence-corrected chi connectivity index (χ0v) is 13.5. The lowest BCUT2D eigenvalue weighted by atomic mass is 10.0. The molecule has 0 bridgehead atoms. The Labute approximate surface area is 119 Å². The van der Waals surface area contributed by atoms with Crippen molar-refractivity contribution in [2.75, 3.05) is 12.3 Å². The second-order valence-corrected chi connectivity index (χ2v) is 8.23. The van der Waals surface area contributed by atoms with Crippen LogP contribution in [0.5, 0.6) is 0 Å². The first-order valence-electron chi connectivity index (χ1n) is 8.05. The summed E-state index contributed by atoms with van der Waals surface area (Å²) in [7, 11) is -2.84. The van der Waals surface area contributed by atoms with Crippen LogP contribution in [0, 0.1) is 0 Å². The van der Waals surface area contributed by atoms with Crippen molar-refractivity contribution < 1.29 is 8.42 Å². The smallest absolute Gasteiger partial charge is 0.153 e. The molecule has 0 spiro atoms. The highest BCUT2D eigenvalue weighted by Crippen LogP contribution is 2.24. The average molecular weight is 289 g/mol. The first-order chi connectivity index (χ1) is 9.10. The molecule has 0 amide bonds. The normalized spacial score (nSPS) is 19.5. The van der Waals surface area contributed by atoms with E-state index in [-0.39, 0.29) is 5.25 Å². The van der Waals surface area contributed by atoms with Crippen molar-refractivity contribution in [1.29, 1.82) is 0 Å². The van der Waals surface area contributed by atoms with Crippen LogP contribution >= 0.6 is 0 Å². The van der Waals surface area contributed by atoms with Crippen LogP contribution in [0.2, 0.25) is 0 Å². The monoisotopic (exact) mass is 289 g/mol. The summed E-state index contributed by atoms with van der Waals surface area (Å²) in [5.41, 5.74) is 0. The van der Waals surface area contributed by atoms with Crippen LogP contribution in [0.3, 0.4) is 0 Å². The molecule has 0 aliphatic heterocycles. The van der Waals surface area contributed by atoms with Crippen LogP contribution < -0.4 is 5.32 Å². The van der Waals surface area contributed by atoms with Crippen molar-refractivity contribution in [2.45, 2.75) is 82.9 Å². The summed E-state index contributed by atoms with van der Waals surface area (Å²) in [6, 6.07) is 0.488. The molecule has 1 N–H and O–H groups in total. The van der Waals surface area contributed by atoms with E-state index in [2.05, 4.69) is 19.2 Å². The van der Waals surface area contributed by atoms with E-state index < -0.39 is 9.84 Å². The summed E-state index contributed by atoms with van der Waals surface area (Å²) in [4.78, 5) is 0. The summed E-state index contributed by atoms with van der Waals surface area (Å²) in [5, 5.41) is 3.45. The van der Waals surface area contributed by atoms with Crippen LogP contribution in [-0.2, 0) is 9.84 Å². The van der Waals surface area contributed by atoms with Crippen LogP contribution in [0.15, 0.2) is 0 Å². The number of sulfone groups is 1. The predicted octanol–water partition coefficient (Wildman–Crippen LogP) is 3.29. The second-order valence-electron chi connectivity index (χ2n) is 5.83. The van der Waals surface area contributed by atoms with E-state index in [4.69, 9.17) is 0 Å². The molecule has 1 aliphatic rings. The van der Waals surface area contributed by atoms with Gasteiger partial charge in [0.15, 0.2) is 9.84 Å². The van der Waals surface area contributed by atoms with Crippen molar-refractivity contribution in [3.8, 4) is 0 Å². The maximum atomic E-state index is 12.2. The molecule has 3 nitrogen and oxygen atoms in total. The molecule has 0 aromatic rings. The fraction of sp³-hybridized carbons (Fsp3) is 1.00. The van der Waals surface area contributed by atoms with Crippen LogP contribution in [0.4, 0.5) is 0 Å². The van der Waals surface area contributed by atoms with E-state index >= 15 is 0 Å². The lowest BCUT2D eigenvalue weighted by molar-refractivity contribution is 0.457. The molecule has 4 heteroatoms. The molecule has 1 atom stereocenters. The van der Waals surface area contributed by atoms with E-state index in [1.54, 1.807) is 0 Å². The first kappa shape index (κ1) is 17.0. The third-order valence-corrected chi connectivity index (χ3v) is 6.56. The van der Waals surface area contributed by atoms with Crippen LogP contribution in [-0.4, -0.2) is 32.0 Å². The van der Waals surface area contributed by atoms with Crippen molar-refractivity contribution in [3.63, 3.8) is 0 Å². The molecule has 1 unspecified atom stereocenters. The summed E-state index contributed by atoms with van der Waals surface area (Å²) in [6.07, 6.45) is 9.22. The fourth-order valence-electron chi connectivity index (χ4n) is 2.92. The largest absolute Gasteiger partial charge is 0.314 e. The molecule has 19 heavy (non-hydrogen) atoms. The van der Waals surface area contributed by atoms with Crippen molar-refractivity contribution in [3.05, 3.63) is 0 Å². The Bertz CT molecular complexity index is 321. The van der Waals surface area contributed by atoms with E-state index in [1.807, 2.05) is 0 Å². The third-order valence-electron chi connectivity index (χ3n) is 4.22. The summed E-state index contributed by atoms with van der Waals surface area (Å²) in [5.74, 6) is 0.391. The lowest BCUT2D eigenvalue weighted by Gasteiger charge is -2.22. The molecule has 1 aliphatic carbocycles. The highest BCUT2D eigenvalue weighted by molar-refractivity contribution is 7.92. The summed E-state index contributed by atoms with van der Waals surface area (Å²) in [6.45, 7) is 5.37. The van der Waals surface area contributed by atoms with Crippen LogP contribution in [0.1, 0.15) is 71.6 Å². The Kier molecular flexibility index (Phi) is 8.00. The van der Waals surface area contributed by atoms with Gasteiger partial charge in [-0.05, 0) is 45.1 Å². The Balaban J connectivity index is 2.29. The van der Waals surface area contributed by atoms with E-state index in [0.717, 1.165) is 57.9 Å². The highest BCUT2D eigenvalue weighted by atomic mass is 32.2. The maximum Gasteiger partial charge on any atom is 0.153 e. The molecule has 114 valence electrons. The van der Waals surface area contributed by atoms with Gasteiger partial charge in [-0.3, -0.25) is 0 Å². The van der Waals surface area contributed by atoms with Gasteiger partial charge in [-0.15, -0.1) is 0 Å². The average Bonchev–Trinajstić information content (AvgIpc) is 2.43. The Morgan fingerprint density at radius 2 is 1.84 bits per heavy atom. The molecule has 1 saturated carbocycles. The Morgan fingerprint density at radius 3 is 2.42 bits per heavy atom. The molecular weight excluding hydrogens is 258 g/mol. The van der Waals surface area contributed by atoms with E-state index in [0.29, 0.717) is 11.8 Å². The minimum atomic E-state index is -2.84. The Morgan fingerprint density at radius 1 is 1.16 bits per heavy atom. The Hall–Kier alpha value is -0.0900. The number of rotatable bonds is 9. The van der Waals surface area contributed by atoms with Gasteiger partial charge in [0.1, 0.15) is 0 Å². The van der Waals surface area contributed by atoms with E-state index in [1.165, 1.54) is 6.42 Å². The first-order valence-corrected chi connectivity index (χ1v) is 9.76. The van der Waals surface area contributed by atoms with Gasteiger partial charge in [-0.2, -0.15) is 0 Å². The predicted molar refractivity (Wildman–Crippen MR) is 82.3 cm³/mol. The van der Waals surface area contributed by atoms with Gasteiger partial charge < -0.3 is 5.32 Å².